The van der Waals surface area contributed by atoms with E-state index in [0.717, 1.165) is 6.92 Å². The summed E-state index contributed by atoms with van der Waals surface area (Å²) in [5, 5.41) is 3.08. The van der Waals surface area contributed by atoms with Crippen molar-refractivity contribution in [2.24, 2.45) is 4.99 Å². The maximum atomic E-state index is 12.8. The largest absolute Gasteiger partial charge is 0.468 e. The van der Waals surface area contributed by atoms with E-state index < -0.39 is 25.0 Å². The Morgan fingerprint density at radius 1 is 1.17 bits per heavy atom. The Morgan fingerprint density at radius 3 is 2.27 bits per heavy atom. The van der Waals surface area contributed by atoms with Crippen LogP contribution in [0.4, 0.5) is 26.3 Å². The average molecular weight is 555 g/mol. The summed E-state index contributed by atoms with van der Waals surface area (Å²) in [6.45, 7) is 1.34. The number of hydrogen-bond acceptors (Lipinski definition) is 4. The molecule has 1 atom stereocenters. The van der Waals surface area contributed by atoms with Crippen molar-refractivity contribution in [2.75, 3.05) is 39.8 Å². The highest BCUT2D eigenvalue weighted by molar-refractivity contribution is 14.0. The summed E-state index contributed by atoms with van der Waals surface area (Å²) in [6, 6.07) is 1.41. The molecule has 1 aliphatic heterocycles. The highest BCUT2D eigenvalue weighted by Crippen LogP contribution is 2.25. The van der Waals surface area contributed by atoms with Gasteiger partial charge >= 0.3 is 12.4 Å². The molecule has 0 amide bonds. The number of ether oxygens (including phenoxy) is 1. The van der Waals surface area contributed by atoms with E-state index in [0.29, 0.717) is 31.2 Å². The topological polar surface area (TPSA) is 53.0 Å². The van der Waals surface area contributed by atoms with Gasteiger partial charge in [0, 0.05) is 52.0 Å². The lowest BCUT2D eigenvalue weighted by atomic mass is 10.2. The Labute approximate surface area is 187 Å². The molecule has 1 aromatic heterocycles. The summed E-state index contributed by atoms with van der Waals surface area (Å²) in [5.41, 5.74) is 0.690. The number of alkyl halides is 6. The molecule has 30 heavy (non-hydrogen) atoms. The van der Waals surface area contributed by atoms with E-state index in [9.17, 15) is 26.3 Å². The Bertz CT molecular complexity index is 675. The van der Waals surface area contributed by atoms with Crippen LogP contribution in [-0.2, 0) is 6.54 Å². The molecule has 0 bridgehead atoms. The average Bonchev–Trinajstić information content (AvgIpc) is 2.66. The third-order valence-corrected chi connectivity index (χ3v) is 4.48. The van der Waals surface area contributed by atoms with Gasteiger partial charge in [0.25, 0.3) is 0 Å². The van der Waals surface area contributed by atoms with E-state index >= 15 is 0 Å². The second kappa shape index (κ2) is 11.2. The molecule has 0 aliphatic carbocycles. The first-order valence-corrected chi connectivity index (χ1v) is 8.90. The molecule has 2 rings (SSSR count). The zero-order valence-electron chi connectivity index (χ0n) is 16.4. The standard InChI is InChI=1S/C17H23F6N5O.HI/c1-12(17(21,22)23)27-5-7-28(8-6-27)15(24-2)26-10-13-3-4-14(25-9-13)29-11-16(18,19)20;/h3-4,9,12H,5-8,10-11H2,1-2H3,(H,24,26);1H. The lowest BCUT2D eigenvalue weighted by Crippen LogP contribution is -2.56. The number of aromatic nitrogens is 1. The summed E-state index contributed by atoms with van der Waals surface area (Å²) in [5.74, 6) is 0.395. The summed E-state index contributed by atoms with van der Waals surface area (Å²) in [6.07, 6.45) is -7.31. The Kier molecular flexibility index (Phi) is 9.91. The summed E-state index contributed by atoms with van der Waals surface area (Å²) < 4.78 is 79.5. The SMILES string of the molecule is CN=C(NCc1ccc(OCC(F)(F)F)nc1)N1CCN(C(C)C(F)(F)F)CC1.I. The minimum absolute atomic E-state index is 0. The van der Waals surface area contributed by atoms with Crippen molar-refractivity contribution < 1.29 is 31.1 Å². The van der Waals surface area contributed by atoms with Gasteiger partial charge in [-0.3, -0.25) is 9.89 Å². The fraction of sp³-hybridized carbons (Fsp3) is 0.647. The van der Waals surface area contributed by atoms with Crippen LogP contribution in [0.15, 0.2) is 23.3 Å². The molecule has 1 saturated heterocycles. The van der Waals surface area contributed by atoms with Crippen molar-refractivity contribution in [3.63, 3.8) is 0 Å². The first-order valence-electron chi connectivity index (χ1n) is 8.90. The molecule has 0 radical (unpaired) electrons. The fourth-order valence-electron chi connectivity index (χ4n) is 2.80. The maximum absolute atomic E-state index is 12.8. The summed E-state index contributed by atoms with van der Waals surface area (Å²) in [4.78, 5) is 11.2. The van der Waals surface area contributed by atoms with Crippen molar-refractivity contribution in [3.8, 4) is 5.88 Å². The van der Waals surface area contributed by atoms with E-state index in [1.165, 1.54) is 17.2 Å². The van der Waals surface area contributed by atoms with Crippen LogP contribution in [0.1, 0.15) is 12.5 Å². The van der Waals surface area contributed by atoms with Gasteiger partial charge in [-0.25, -0.2) is 4.98 Å². The van der Waals surface area contributed by atoms with Crippen LogP contribution in [0.5, 0.6) is 5.88 Å². The van der Waals surface area contributed by atoms with Crippen molar-refractivity contribution in [3.05, 3.63) is 23.9 Å². The lowest BCUT2D eigenvalue weighted by Gasteiger charge is -2.39. The molecular weight excluding hydrogens is 531 g/mol. The molecular formula is C17H24F6IN5O. The van der Waals surface area contributed by atoms with E-state index in [2.05, 4.69) is 20.0 Å². The first-order chi connectivity index (χ1) is 13.5. The fourth-order valence-corrected chi connectivity index (χ4v) is 2.80. The first kappa shape index (κ1) is 26.5. The Hall–Kier alpha value is -1.51. The molecule has 2 heterocycles. The minimum Gasteiger partial charge on any atom is -0.468 e. The number of guanidine groups is 1. The number of nitrogens with one attached hydrogen (secondary N) is 1. The second-order valence-corrected chi connectivity index (χ2v) is 6.55. The Morgan fingerprint density at radius 2 is 1.80 bits per heavy atom. The van der Waals surface area contributed by atoms with Crippen LogP contribution in [0, 0.1) is 0 Å². The minimum atomic E-state index is -4.43. The van der Waals surface area contributed by atoms with Gasteiger partial charge in [0.1, 0.15) is 6.04 Å². The van der Waals surface area contributed by atoms with E-state index in [4.69, 9.17) is 0 Å². The molecule has 13 heteroatoms. The zero-order valence-corrected chi connectivity index (χ0v) is 18.8. The number of hydrogen-bond donors (Lipinski definition) is 1. The van der Waals surface area contributed by atoms with Crippen LogP contribution in [0.2, 0.25) is 0 Å². The van der Waals surface area contributed by atoms with Gasteiger partial charge in [-0.15, -0.1) is 24.0 Å². The predicted molar refractivity (Wildman–Crippen MR) is 110 cm³/mol. The molecule has 1 aliphatic rings. The van der Waals surface area contributed by atoms with Gasteiger partial charge in [0.2, 0.25) is 5.88 Å². The normalized spacial score (nSPS) is 17.3. The van der Waals surface area contributed by atoms with Gasteiger partial charge in [-0.05, 0) is 12.5 Å². The molecule has 1 aromatic rings. The van der Waals surface area contributed by atoms with E-state index in [1.807, 2.05) is 4.90 Å². The van der Waals surface area contributed by atoms with Crippen LogP contribution < -0.4 is 10.1 Å². The van der Waals surface area contributed by atoms with Gasteiger partial charge in [-0.1, -0.05) is 6.07 Å². The zero-order chi connectivity index (χ0) is 21.7. The second-order valence-electron chi connectivity index (χ2n) is 6.55. The number of rotatable bonds is 5. The number of aliphatic imine (C=N–C) groups is 1. The quantitative estimate of drug-likeness (QED) is 0.262. The van der Waals surface area contributed by atoms with E-state index in [1.54, 1.807) is 13.1 Å². The Balaban J connectivity index is 0.00000450. The molecule has 1 unspecified atom stereocenters. The monoisotopic (exact) mass is 555 g/mol. The molecule has 0 aromatic carbocycles. The summed E-state index contributed by atoms with van der Waals surface area (Å²) in [7, 11) is 1.57. The molecule has 1 N–H and O–H groups in total. The van der Waals surface area contributed by atoms with Gasteiger partial charge in [-0.2, -0.15) is 26.3 Å². The van der Waals surface area contributed by atoms with Crippen LogP contribution >= 0.6 is 24.0 Å². The number of pyridine rings is 1. The summed E-state index contributed by atoms with van der Waals surface area (Å²) >= 11 is 0. The molecule has 1 fully saturated rings. The van der Waals surface area contributed by atoms with Crippen LogP contribution in [0.3, 0.4) is 0 Å². The molecule has 0 saturated carbocycles. The van der Waals surface area contributed by atoms with Crippen molar-refractivity contribution in [1.29, 1.82) is 0 Å². The van der Waals surface area contributed by atoms with Gasteiger partial charge in [0.05, 0.1) is 0 Å². The van der Waals surface area contributed by atoms with Crippen molar-refractivity contribution in [2.45, 2.75) is 31.9 Å². The molecule has 6 nitrogen and oxygen atoms in total. The van der Waals surface area contributed by atoms with Crippen molar-refractivity contribution in [1.82, 2.24) is 20.1 Å². The van der Waals surface area contributed by atoms with Gasteiger partial charge in [0.15, 0.2) is 12.6 Å². The smallest absolute Gasteiger partial charge is 0.422 e. The maximum Gasteiger partial charge on any atom is 0.422 e. The molecule has 172 valence electrons. The highest BCUT2D eigenvalue weighted by atomic mass is 127. The van der Waals surface area contributed by atoms with Gasteiger partial charge < -0.3 is 15.0 Å². The van der Waals surface area contributed by atoms with Crippen LogP contribution in [-0.4, -0.2) is 79.0 Å². The van der Waals surface area contributed by atoms with E-state index in [-0.39, 0.29) is 42.9 Å². The lowest BCUT2D eigenvalue weighted by molar-refractivity contribution is -0.181. The predicted octanol–water partition coefficient (Wildman–Crippen LogP) is 3.28. The third kappa shape index (κ3) is 8.32. The van der Waals surface area contributed by atoms with Crippen molar-refractivity contribution >= 4 is 29.9 Å². The number of nitrogens with zero attached hydrogens (tertiary/aromatic N) is 4. The van der Waals surface area contributed by atoms with Crippen LogP contribution in [0.25, 0.3) is 0 Å². The third-order valence-electron chi connectivity index (χ3n) is 4.48. The number of halogens is 7. The highest BCUT2D eigenvalue weighted by Gasteiger charge is 2.41. The number of piperazine rings is 1. The molecule has 0 spiro atoms.